The van der Waals surface area contributed by atoms with Crippen LogP contribution in [0.25, 0.3) is 0 Å². The van der Waals surface area contributed by atoms with E-state index in [1.165, 1.54) is 6.08 Å². The van der Waals surface area contributed by atoms with Gasteiger partial charge in [-0.2, -0.15) is 0 Å². The minimum Gasteiger partial charge on any atom is -0.480 e. The van der Waals surface area contributed by atoms with E-state index in [0.717, 1.165) is 0 Å². The lowest BCUT2D eigenvalue weighted by Crippen LogP contribution is -2.46. The number of urea groups is 1. The first-order valence-electron chi connectivity index (χ1n) is 5.21. The molecule has 0 aromatic carbocycles. The molecule has 6 nitrogen and oxygen atoms in total. The average molecular weight is 266 g/mol. The minimum absolute atomic E-state index is 0.0129. The van der Waals surface area contributed by atoms with Crippen molar-refractivity contribution >= 4 is 12.0 Å². The third-order valence-electron chi connectivity index (χ3n) is 1.78. The standard InChI is InChI=1S/C10H16F2N2O4/c1-2-3-7(9(15)16)14-10(17)13-4-5-18-6-8(11)12/h2,7-8H,1,3-6H2,(H,15,16)(H2,13,14,17). The van der Waals surface area contributed by atoms with Crippen molar-refractivity contribution in [2.75, 3.05) is 19.8 Å². The number of hydrogen-bond acceptors (Lipinski definition) is 3. The molecule has 0 saturated heterocycles. The van der Waals surface area contributed by atoms with Crippen molar-refractivity contribution in [2.45, 2.75) is 18.9 Å². The molecule has 2 amide bonds. The summed E-state index contributed by atoms with van der Waals surface area (Å²) >= 11 is 0. The summed E-state index contributed by atoms with van der Waals surface area (Å²) in [5.41, 5.74) is 0. The zero-order valence-corrected chi connectivity index (χ0v) is 9.70. The molecule has 0 spiro atoms. The molecule has 3 N–H and O–H groups in total. The van der Waals surface area contributed by atoms with Crippen molar-refractivity contribution in [3.05, 3.63) is 12.7 Å². The Labute approximate surface area is 103 Å². The lowest BCUT2D eigenvalue weighted by molar-refractivity contribution is -0.139. The van der Waals surface area contributed by atoms with Gasteiger partial charge in [0.2, 0.25) is 0 Å². The third kappa shape index (κ3) is 8.45. The Balaban J connectivity index is 3.75. The Bertz CT molecular complexity index is 287. The van der Waals surface area contributed by atoms with Gasteiger partial charge in [0.25, 0.3) is 6.43 Å². The highest BCUT2D eigenvalue weighted by atomic mass is 19.3. The van der Waals surface area contributed by atoms with Gasteiger partial charge in [-0.1, -0.05) is 6.08 Å². The second kappa shape index (κ2) is 9.34. The van der Waals surface area contributed by atoms with Crippen LogP contribution in [0.3, 0.4) is 0 Å². The lowest BCUT2D eigenvalue weighted by atomic mass is 10.2. The van der Waals surface area contributed by atoms with E-state index in [4.69, 9.17) is 5.11 Å². The molecular weight excluding hydrogens is 250 g/mol. The van der Waals surface area contributed by atoms with Gasteiger partial charge >= 0.3 is 12.0 Å². The number of carboxylic acids is 1. The summed E-state index contributed by atoms with van der Waals surface area (Å²) < 4.78 is 27.9. The van der Waals surface area contributed by atoms with Crippen LogP contribution < -0.4 is 10.6 Å². The van der Waals surface area contributed by atoms with E-state index in [2.05, 4.69) is 21.9 Å². The van der Waals surface area contributed by atoms with Crippen molar-refractivity contribution < 1.29 is 28.2 Å². The molecule has 0 heterocycles. The molecular formula is C10H16F2N2O4. The summed E-state index contributed by atoms with van der Waals surface area (Å²) in [6.45, 7) is 2.61. The molecule has 0 radical (unpaired) electrons. The van der Waals surface area contributed by atoms with Crippen LogP contribution in [-0.2, 0) is 9.53 Å². The molecule has 104 valence electrons. The molecule has 0 aromatic heterocycles. The van der Waals surface area contributed by atoms with Gasteiger partial charge in [0, 0.05) is 6.54 Å². The van der Waals surface area contributed by atoms with E-state index < -0.39 is 31.1 Å². The molecule has 18 heavy (non-hydrogen) atoms. The largest absolute Gasteiger partial charge is 0.480 e. The van der Waals surface area contributed by atoms with Gasteiger partial charge in [0.15, 0.2) is 0 Å². The van der Waals surface area contributed by atoms with E-state index in [-0.39, 0.29) is 19.6 Å². The van der Waals surface area contributed by atoms with Crippen LogP contribution in [-0.4, -0.2) is 49.3 Å². The van der Waals surface area contributed by atoms with Gasteiger partial charge in [0.05, 0.1) is 6.61 Å². The fourth-order valence-corrected chi connectivity index (χ4v) is 1.01. The van der Waals surface area contributed by atoms with Gasteiger partial charge < -0.3 is 20.5 Å². The van der Waals surface area contributed by atoms with E-state index in [1.807, 2.05) is 0 Å². The minimum atomic E-state index is -2.55. The molecule has 0 rings (SSSR count). The van der Waals surface area contributed by atoms with Gasteiger partial charge in [0.1, 0.15) is 12.6 Å². The SMILES string of the molecule is C=CCC(NC(=O)NCCOCC(F)F)C(=O)O. The number of nitrogens with one attached hydrogen (secondary N) is 2. The summed E-state index contributed by atoms with van der Waals surface area (Å²) in [4.78, 5) is 21.9. The second-order valence-electron chi connectivity index (χ2n) is 3.28. The molecule has 0 aliphatic rings. The predicted octanol–water partition coefficient (Wildman–Crippen LogP) is 0.597. The normalized spacial score (nSPS) is 11.9. The second-order valence-corrected chi connectivity index (χ2v) is 3.28. The first-order chi connectivity index (χ1) is 8.47. The van der Waals surface area contributed by atoms with E-state index >= 15 is 0 Å². The monoisotopic (exact) mass is 266 g/mol. The van der Waals surface area contributed by atoms with Gasteiger partial charge in [-0.05, 0) is 6.42 Å². The lowest BCUT2D eigenvalue weighted by Gasteiger charge is -2.13. The van der Waals surface area contributed by atoms with Crippen LogP contribution in [0.15, 0.2) is 12.7 Å². The number of carbonyl (C=O) groups is 2. The third-order valence-corrected chi connectivity index (χ3v) is 1.78. The molecule has 1 atom stereocenters. The van der Waals surface area contributed by atoms with Crippen LogP contribution in [0, 0.1) is 0 Å². The maximum Gasteiger partial charge on any atom is 0.326 e. The number of halogens is 2. The Hall–Kier alpha value is -1.70. The predicted molar refractivity (Wildman–Crippen MR) is 59.6 cm³/mol. The Morgan fingerprint density at radius 3 is 2.61 bits per heavy atom. The number of carboxylic acid groups (broad SMARTS) is 1. The number of alkyl halides is 2. The maximum absolute atomic E-state index is 11.7. The topological polar surface area (TPSA) is 87.7 Å². The Morgan fingerprint density at radius 1 is 1.44 bits per heavy atom. The summed E-state index contributed by atoms with van der Waals surface area (Å²) in [7, 11) is 0. The highest BCUT2D eigenvalue weighted by Crippen LogP contribution is 1.93. The molecule has 8 heteroatoms. The molecule has 0 saturated carbocycles. The van der Waals surface area contributed by atoms with Crippen LogP contribution in [0.1, 0.15) is 6.42 Å². The van der Waals surface area contributed by atoms with Crippen molar-refractivity contribution in [2.24, 2.45) is 0 Å². The van der Waals surface area contributed by atoms with Gasteiger partial charge in [-0.25, -0.2) is 18.4 Å². The summed E-state index contributed by atoms with van der Waals surface area (Å²) in [6.07, 6.45) is -1.10. The van der Waals surface area contributed by atoms with Gasteiger partial charge in [-0.3, -0.25) is 0 Å². The number of ether oxygens (including phenoxy) is 1. The smallest absolute Gasteiger partial charge is 0.326 e. The summed E-state index contributed by atoms with van der Waals surface area (Å²) in [5, 5.41) is 13.2. The van der Waals surface area contributed by atoms with Crippen LogP contribution >= 0.6 is 0 Å². The first-order valence-corrected chi connectivity index (χ1v) is 5.21. The molecule has 0 fully saturated rings. The van der Waals surface area contributed by atoms with E-state index in [0.29, 0.717) is 0 Å². The number of aliphatic carboxylic acids is 1. The van der Waals surface area contributed by atoms with Crippen molar-refractivity contribution in [1.29, 1.82) is 0 Å². The quantitative estimate of drug-likeness (QED) is 0.421. The van der Waals surface area contributed by atoms with E-state index in [9.17, 15) is 18.4 Å². The number of hydrogen-bond donors (Lipinski definition) is 3. The van der Waals surface area contributed by atoms with Crippen molar-refractivity contribution in [3.8, 4) is 0 Å². The van der Waals surface area contributed by atoms with E-state index in [1.54, 1.807) is 0 Å². The van der Waals surface area contributed by atoms with Crippen molar-refractivity contribution in [3.63, 3.8) is 0 Å². The zero-order chi connectivity index (χ0) is 14.0. The highest BCUT2D eigenvalue weighted by Gasteiger charge is 2.17. The molecule has 0 aliphatic heterocycles. The Kier molecular flexibility index (Phi) is 8.46. The molecule has 0 aliphatic carbocycles. The highest BCUT2D eigenvalue weighted by molar-refractivity contribution is 5.82. The molecule has 0 aromatic rings. The molecule has 1 unspecified atom stereocenters. The number of amides is 2. The van der Waals surface area contributed by atoms with Crippen LogP contribution in [0.4, 0.5) is 13.6 Å². The van der Waals surface area contributed by atoms with Gasteiger partial charge in [-0.15, -0.1) is 6.58 Å². The number of rotatable bonds is 9. The number of carbonyl (C=O) groups excluding carboxylic acids is 1. The zero-order valence-electron chi connectivity index (χ0n) is 9.70. The summed E-state index contributed by atoms with van der Waals surface area (Å²) in [6, 6.07) is -1.77. The first kappa shape index (κ1) is 16.3. The fraction of sp³-hybridized carbons (Fsp3) is 0.600. The fourth-order valence-electron chi connectivity index (χ4n) is 1.01. The van der Waals surface area contributed by atoms with Crippen molar-refractivity contribution in [1.82, 2.24) is 10.6 Å². The summed E-state index contributed by atoms with van der Waals surface area (Å²) in [5.74, 6) is -1.18. The molecule has 0 bridgehead atoms. The maximum atomic E-state index is 11.7. The Morgan fingerprint density at radius 2 is 2.11 bits per heavy atom. The van der Waals surface area contributed by atoms with Crippen LogP contribution in [0.5, 0.6) is 0 Å². The average Bonchev–Trinajstić information content (AvgIpc) is 2.27. The van der Waals surface area contributed by atoms with Crippen LogP contribution in [0.2, 0.25) is 0 Å².